The summed E-state index contributed by atoms with van der Waals surface area (Å²) >= 11 is 0. The lowest BCUT2D eigenvalue weighted by Crippen LogP contribution is -2.35. The molecule has 0 saturated carbocycles. The number of ether oxygens (including phenoxy) is 1. The Kier molecular flexibility index (Phi) is 6.34. The lowest BCUT2D eigenvalue weighted by molar-refractivity contribution is 0.0939. The molecule has 1 atom stereocenters. The summed E-state index contributed by atoms with van der Waals surface area (Å²) in [6, 6.07) is 23.2. The van der Waals surface area contributed by atoms with Crippen LogP contribution in [0.15, 0.2) is 83.8 Å². The summed E-state index contributed by atoms with van der Waals surface area (Å²) in [5.41, 5.74) is 2.29. The van der Waals surface area contributed by atoms with Gasteiger partial charge in [-0.1, -0.05) is 54.6 Å². The van der Waals surface area contributed by atoms with Gasteiger partial charge >= 0.3 is 0 Å². The lowest BCUT2D eigenvalue weighted by atomic mass is 9.96. The second-order valence-electron chi connectivity index (χ2n) is 7.54. The molecule has 1 aliphatic rings. The molecule has 3 aromatic carbocycles. The minimum absolute atomic E-state index is 0.0611. The molecule has 31 heavy (non-hydrogen) atoms. The van der Waals surface area contributed by atoms with Gasteiger partial charge in [0.05, 0.1) is 11.5 Å². The first kappa shape index (κ1) is 21.1. The number of carbonyl (C=O) groups is 1. The number of benzene rings is 3. The fourth-order valence-electron chi connectivity index (χ4n) is 3.52. The van der Waals surface area contributed by atoms with Crippen LogP contribution >= 0.6 is 0 Å². The molecule has 0 saturated heterocycles. The van der Waals surface area contributed by atoms with Crippen LogP contribution in [0.1, 0.15) is 21.5 Å². The quantitative estimate of drug-likeness (QED) is 0.596. The zero-order valence-electron chi connectivity index (χ0n) is 17.0. The maximum absolute atomic E-state index is 12.6. The minimum atomic E-state index is -3.73. The fourth-order valence-corrected chi connectivity index (χ4v) is 4.59. The largest absolute Gasteiger partial charge is 0.493 e. The number of hydrogen-bond donors (Lipinski definition) is 2. The smallest absolute Gasteiger partial charge is 0.251 e. The monoisotopic (exact) mass is 436 g/mol. The highest BCUT2D eigenvalue weighted by Crippen LogP contribution is 2.26. The Bertz CT molecular complexity index is 1160. The van der Waals surface area contributed by atoms with Gasteiger partial charge in [-0.15, -0.1) is 0 Å². The van der Waals surface area contributed by atoms with Crippen molar-refractivity contribution in [1.82, 2.24) is 10.0 Å². The minimum Gasteiger partial charge on any atom is -0.493 e. The van der Waals surface area contributed by atoms with Crippen molar-refractivity contribution < 1.29 is 17.9 Å². The Balaban J connectivity index is 1.37. The Labute approximate surface area is 182 Å². The first-order valence-corrected chi connectivity index (χ1v) is 11.6. The molecule has 0 radical (unpaired) electrons. The third-order valence-electron chi connectivity index (χ3n) is 5.22. The Morgan fingerprint density at radius 2 is 1.74 bits per heavy atom. The summed E-state index contributed by atoms with van der Waals surface area (Å²) in [6.07, 6.45) is 0.828. The molecule has 0 aromatic heterocycles. The average molecular weight is 437 g/mol. The van der Waals surface area contributed by atoms with E-state index >= 15 is 0 Å². The molecule has 7 heteroatoms. The van der Waals surface area contributed by atoms with Crippen LogP contribution in [0, 0.1) is 5.92 Å². The van der Waals surface area contributed by atoms with Gasteiger partial charge in [-0.3, -0.25) is 4.79 Å². The Hall–Kier alpha value is -3.16. The molecule has 0 bridgehead atoms. The highest BCUT2D eigenvalue weighted by atomic mass is 32.2. The van der Waals surface area contributed by atoms with Crippen molar-refractivity contribution in [2.45, 2.75) is 17.9 Å². The van der Waals surface area contributed by atoms with E-state index in [1.807, 2.05) is 54.6 Å². The molecule has 2 N–H and O–H groups in total. The van der Waals surface area contributed by atoms with E-state index in [1.165, 1.54) is 12.1 Å². The van der Waals surface area contributed by atoms with E-state index in [0.29, 0.717) is 18.7 Å². The van der Waals surface area contributed by atoms with Gasteiger partial charge in [-0.25, -0.2) is 13.1 Å². The normalized spacial score (nSPS) is 15.5. The molecule has 0 aliphatic carbocycles. The summed E-state index contributed by atoms with van der Waals surface area (Å²) in [7, 11) is -3.73. The lowest BCUT2D eigenvalue weighted by Gasteiger charge is -2.25. The molecule has 1 heterocycles. The van der Waals surface area contributed by atoms with Crippen LogP contribution in [0.25, 0.3) is 0 Å². The predicted octanol–water partition coefficient (Wildman–Crippen LogP) is 3.15. The first-order chi connectivity index (χ1) is 15.0. The van der Waals surface area contributed by atoms with E-state index in [9.17, 15) is 13.2 Å². The van der Waals surface area contributed by atoms with Crippen molar-refractivity contribution in [2.24, 2.45) is 5.92 Å². The molecular weight excluding hydrogens is 412 g/mol. The highest BCUT2D eigenvalue weighted by molar-refractivity contribution is 7.89. The molecule has 3 aromatic rings. The van der Waals surface area contributed by atoms with E-state index in [0.717, 1.165) is 23.3 Å². The predicted molar refractivity (Wildman–Crippen MR) is 118 cm³/mol. The molecule has 1 amide bonds. The third-order valence-corrected chi connectivity index (χ3v) is 6.62. The van der Waals surface area contributed by atoms with Crippen molar-refractivity contribution in [2.75, 3.05) is 13.2 Å². The SMILES string of the molecule is O=C(NCC1COc2ccccc2C1)c1cccc(S(=O)(=O)NCc2ccccc2)c1. The number of hydrogen-bond acceptors (Lipinski definition) is 4. The van der Waals surface area contributed by atoms with Gasteiger partial charge in [-0.2, -0.15) is 0 Å². The topological polar surface area (TPSA) is 84.5 Å². The molecule has 6 nitrogen and oxygen atoms in total. The molecule has 0 fully saturated rings. The maximum atomic E-state index is 12.6. The van der Waals surface area contributed by atoms with E-state index in [4.69, 9.17) is 4.74 Å². The van der Waals surface area contributed by atoms with Gasteiger partial charge in [0, 0.05) is 24.6 Å². The Morgan fingerprint density at radius 1 is 0.968 bits per heavy atom. The van der Waals surface area contributed by atoms with E-state index in [-0.39, 0.29) is 23.3 Å². The summed E-state index contributed by atoms with van der Waals surface area (Å²) < 4.78 is 33.6. The number of para-hydroxylation sites is 1. The number of rotatable bonds is 7. The van der Waals surface area contributed by atoms with Crippen LogP contribution < -0.4 is 14.8 Å². The summed E-state index contributed by atoms with van der Waals surface area (Å²) in [5, 5.41) is 2.90. The fraction of sp³-hybridized carbons (Fsp3) is 0.208. The van der Waals surface area contributed by atoms with Crippen LogP contribution in [-0.2, 0) is 23.0 Å². The van der Waals surface area contributed by atoms with Gasteiger partial charge < -0.3 is 10.1 Å². The van der Waals surface area contributed by atoms with Crippen LogP contribution in [-0.4, -0.2) is 27.5 Å². The standard InChI is InChI=1S/C24H24N2O4S/c27-24(25-15-19-13-20-9-4-5-12-23(20)30-17-19)21-10-6-11-22(14-21)31(28,29)26-16-18-7-2-1-3-8-18/h1-12,14,19,26H,13,15-17H2,(H,25,27). The van der Waals surface area contributed by atoms with Crippen LogP contribution in [0.4, 0.5) is 0 Å². The van der Waals surface area contributed by atoms with E-state index in [1.54, 1.807) is 12.1 Å². The number of nitrogens with one attached hydrogen (secondary N) is 2. The maximum Gasteiger partial charge on any atom is 0.251 e. The molecule has 1 unspecified atom stereocenters. The van der Waals surface area contributed by atoms with Crippen LogP contribution in [0.3, 0.4) is 0 Å². The third kappa shape index (κ3) is 5.31. The van der Waals surface area contributed by atoms with E-state index in [2.05, 4.69) is 10.0 Å². The van der Waals surface area contributed by atoms with Gasteiger partial charge in [0.2, 0.25) is 10.0 Å². The van der Waals surface area contributed by atoms with Crippen molar-refractivity contribution in [3.05, 3.63) is 95.6 Å². The van der Waals surface area contributed by atoms with E-state index < -0.39 is 10.0 Å². The number of sulfonamides is 1. The second kappa shape index (κ2) is 9.32. The van der Waals surface area contributed by atoms with Crippen molar-refractivity contribution >= 4 is 15.9 Å². The summed E-state index contributed by atoms with van der Waals surface area (Å²) in [6.45, 7) is 1.17. The van der Waals surface area contributed by atoms with Crippen molar-refractivity contribution in [3.8, 4) is 5.75 Å². The van der Waals surface area contributed by atoms with Gasteiger partial charge in [0.25, 0.3) is 5.91 Å². The average Bonchev–Trinajstić information content (AvgIpc) is 2.82. The first-order valence-electron chi connectivity index (χ1n) is 10.1. The second-order valence-corrected chi connectivity index (χ2v) is 9.30. The van der Waals surface area contributed by atoms with Gasteiger partial charge in [0.1, 0.15) is 5.75 Å². The molecule has 160 valence electrons. The Morgan fingerprint density at radius 3 is 2.58 bits per heavy atom. The van der Waals surface area contributed by atoms with Gasteiger partial charge in [0.15, 0.2) is 0 Å². The molecule has 1 aliphatic heterocycles. The molecular formula is C24H24N2O4S. The molecule has 4 rings (SSSR count). The van der Waals surface area contributed by atoms with Crippen molar-refractivity contribution in [3.63, 3.8) is 0 Å². The molecule has 0 spiro atoms. The van der Waals surface area contributed by atoms with Crippen LogP contribution in [0.5, 0.6) is 5.75 Å². The zero-order valence-corrected chi connectivity index (χ0v) is 17.8. The van der Waals surface area contributed by atoms with Crippen LogP contribution in [0.2, 0.25) is 0 Å². The van der Waals surface area contributed by atoms with Crippen molar-refractivity contribution in [1.29, 1.82) is 0 Å². The summed E-state index contributed by atoms with van der Waals surface area (Å²) in [4.78, 5) is 12.7. The van der Waals surface area contributed by atoms with Gasteiger partial charge in [-0.05, 0) is 41.8 Å². The zero-order chi connectivity index (χ0) is 21.7. The number of carbonyl (C=O) groups excluding carboxylic acids is 1. The summed E-state index contributed by atoms with van der Waals surface area (Å²) in [5.74, 6) is 0.753. The highest BCUT2D eigenvalue weighted by Gasteiger charge is 2.21. The number of amides is 1. The number of fused-ring (bicyclic) bond motifs is 1.